The first-order valence-corrected chi connectivity index (χ1v) is 7.46. The summed E-state index contributed by atoms with van der Waals surface area (Å²) in [4.78, 5) is 9.01. The average molecular weight is 304 g/mol. The molecule has 0 saturated carbocycles. The molecule has 2 heterocycles. The number of benzene rings is 1. The van der Waals surface area contributed by atoms with E-state index < -0.39 is 0 Å². The zero-order chi connectivity index (χ0) is 15.1. The molecule has 0 saturated heterocycles. The molecule has 0 N–H and O–H groups in total. The van der Waals surface area contributed by atoms with Crippen molar-refractivity contribution in [3.8, 4) is 0 Å². The van der Waals surface area contributed by atoms with Gasteiger partial charge in [0.1, 0.15) is 17.6 Å². The Morgan fingerprint density at radius 3 is 2.62 bits per heavy atom. The van der Waals surface area contributed by atoms with E-state index in [2.05, 4.69) is 40.5 Å². The van der Waals surface area contributed by atoms with Crippen LogP contribution in [0.25, 0.3) is 11.0 Å². The molecule has 3 aromatic rings. The minimum absolute atomic E-state index is 0.0540. The van der Waals surface area contributed by atoms with Gasteiger partial charge in [-0.25, -0.2) is 9.97 Å². The zero-order valence-corrected chi connectivity index (χ0v) is 13.3. The van der Waals surface area contributed by atoms with Gasteiger partial charge in [0.15, 0.2) is 0 Å². The number of nitrogens with zero attached hydrogens (tertiary/aromatic N) is 3. The SMILES string of the molecule is Cc1ccc2nc(C(C)Cl)n(C(C)c3ncc(C)o3)c2c1. The molecule has 2 atom stereocenters. The summed E-state index contributed by atoms with van der Waals surface area (Å²) in [5, 5.41) is -0.184. The van der Waals surface area contributed by atoms with Gasteiger partial charge in [0, 0.05) is 0 Å². The molecule has 3 rings (SSSR count). The van der Waals surface area contributed by atoms with Crippen molar-refractivity contribution in [2.75, 3.05) is 0 Å². The largest absolute Gasteiger partial charge is 0.444 e. The minimum atomic E-state index is -0.184. The number of rotatable bonds is 3. The second-order valence-corrected chi connectivity index (χ2v) is 6.09. The van der Waals surface area contributed by atoms with E-state index in [1.54, 1.807) is 6.20 Å². The molecule has 0 amide bonds. The molecule has 4 nitrogen and oxygen atoms in total. The highest BCUT2D eigenvalue weighted by atomic mass is 35.5. The standard InChI is InChI=1S/C16H18ClN3O/c1-9-5-6-13-14(7-9)20(15(19-13)11(3)17)12(4)16-18-8-10(2)21-16/h5-8,11-12H,1-4H3. The lowest BCUT2D eigenvalue weighted by Gasteiger charge is -2.16. The Kier molecular flexibility index (Phi) is 3.49. The third-order valence-corrected chi connectivity index (χ3v) is 3.81. The Morgan fingerprint density at radius 2 is 2.00 bits per heavy atom. The van der Waals surface area contributed by atoms with Crippen LogP contribution < -0.4 is 0 Å². The monoisotopic (exact) mass is 303 g/mol. The second kappa shape index (κ2) is 5.19. The number of fused-ring (bicyclic) bond motifs is 1. The lowest BCUT2D eigenvalue weighted by atomic mass is 10.2. The summed E-state index contributed by atoms with van der Waals surface area (Å²) in [7, 11) is 0. The van der Waals surface area contributed by atoms with Crippen molar-refractivity contribution in [3.05, 3.63) is 47.4 Å². The van der Waals surface area contributed by atoms with Crippen molar-refractivity contribution in [2.24, 2.45) is 0 Å². The van der Waals surface area contributed by atoms with Gasteiger partial charge in [-0.3, -0.25) is 0 Å². The fourth-order valence-electron chi connectivity index (χ4n) is 2.59. The number of oxazole rings is 1. The highest BCUT2D eigenvalue weighted by Gasteiger charge is 2.22. The maximum Gasteiger partial charge on any atom is 0.217 e. The first-order chi connectivity index (χ1) is 9.97. The van der Waals surface area contributed by atoms with Gasteiger partial charge in [-0.2, -0.15) is 0 Å². The molecule has 0 bridgehead atoms. The predicted octanol–water partition coefficient (Wildman–Crippen LogP) is 4.55. The molecule has 0 radical (unpaired) electrons. The van der Waals surface area contributed by atoms with E-state index in [1.165, 1.54) is 5.56 Å². The minimum Gasteiger partial charge on any atom is -0.444 e. The van der Waals surface area contributed by atoms with Gasteiger partial charge >= 0.3 is 0 Å². The van der Waals surface area contributed by atoms with Gasteiger partial charge < -0.3 is 8.98 Å². The quantitative estimate of drug-likeness (QED) is 0.667. The fourth-order valence-corrected chi connectivity index (χ4v) is 2.74. The summed E-state index contributed by atoms with van der Waals surface area (Å²) in [6, 6.07) is 6.15. The summed E-state index contributed by atoms with van der Waals surface area (Å²) in [6.45, 7) is 7.95. The van der Waals surface area contributed by atoms with Crippen LogP contribution in [-0.2, 0) is 0 Å². The second-order valence-electron chi connectivity index (χ2n) is 5.43. The predicted molar refractivity (Wildman–Crippen MR) is 83.8 cm³/mol. The number of halogens is 1. The highest BCUT2D eigenvalue weighted by Crippen LogP contribution is 2.31. The van der Waals surface area contributed by atoms with E-state index in [4.69, 9.17) is 16.0 Å². The molecule has 21 heavy (non-hydrogen) atoms. The number of hydrogen-bond donors (Lipinski definition) is 0. The van der Waals surface area contributed by atoms with Gasteiger partial charge in [-0.05, 0) is 45.4 Å². The fraction of sp³-hybridized carbons (Fsp3) is 0.375. The third kappa shape index (κ3) is 2.44. The molecule has 0 aliphatic heterocycles. The summed E-state index contributed by atoms with van der Waals surface area (Å²) in [5.74, 6) is 2.31. The third-order valence-electron chi connectivity index (χ3n) is 3.61. The van der Waals surface area contributed by atoms with E-state index in [0.29, 0.717) is 5.89 Å². The Morgan fingerprint density at radius 1 is 1.24 bits per heavy atom. The molecule has 2 aromatic heterocycles. The number of aryl methyl sites for hydroxylation is 2. The molecule has 110 valence electrons. The van der Waals surface area contributed by atoms with Crippen LogP contribution in [0.3, 0.4) is 0 Å². The summed E-state index contributed by atoms with van der Waals surface area (Å²) in [5.41, 5.74) is 3.19. The smallest absolute Gasteiger partial charge is 0.217 e. The Balaban J connectivity index is 2.23. The molecule has 0 spiro atoms. The lowest BCUT2D eigenvalue weighted by Crippen LogP contribution is -2.11. The highest BCUT2D eigenvalue weighted by molar-refractivity contribution is 6.20. The summed E-state index contributed by atoms with van der Waals surface area (Å²) in [6.07, 6.45) is 1.74. The maximum atomic E-state index is 6.32. The van der Waals surface area contributed by atoms with Crippen LogP contribution >= 0.6 is 11.6 Å². The Hall–Kier alpha value is -1.81. The van der Waals surface area contributed by atoms with Crippen LogP contribution in [0, 0.1) is 13.8 Å². The van der Waals surface area contributed by atoms with E-state index in [0.717, 1.165) is 22.6 Å². The number of hydrogen-bond acceptors (Lipinski definition) is 3. The van der Waals surface area contributed by atoms with Crippen LogP contribution in [0.2, 0.25) is 0 Å². The lowest BCUT2D eigenvalue weighted by molar-refractivity contribution is 0.414. The van der Waals surface area contributed by atoms with Crippen molar-refractivity contribution < 1.29 is 4.42 Å². The first-order valence-electron chi connectivity index (χ1n) is 7.02. The van der Waals surface area contributed by atoms with Gasteiger partial charge in [0.25, 0.3) is 0 Å². The van der Waals surface area contributed by atoms with Crippen LogP contribution in [-0.4, -0.2) is 14.5 Å². The van der Waals surface area contributed by atoms with Crippen molar-refractivity contribution in [3.63, 3.8) is 0 Å². The van der Waals surface area contributed by atoms with Crippen molar-refractivity contribution in [2.45, 2.75) is 39.1 Å². The van der Waals surface area contributed by atoms with Crippen molar-refractivity contribution in [1.29, 1.82) is 0 Å². The zero-order valence-electron chi connectivity index (χ0n) is 12.6. The van der Waals surface area contributed by atoms with Crippen LogP contribution in [0.1, 0.15) is 48.3 Å². The molecule has 1 aromatic carbocycles. The van der Waals surface area contributed by atoms with Crippen LogP contribution in [0.5, 0.6) is 0 Å². The van der Waals surface area contributed by atoms with Gasteiger partial charge in [-0.15, -0.1) is 11.6 Å². The Bertz CT molecular complexity index is 788. The Labute approximate surface area is 128 Å². The van der Waals surface area contributed by atoms with Crippen molar-refractivity contribution >= 4 is 22.6 Å². The molecule has 0 aliphatic rings. The number of imidazole rings is 1. The molecular weight excluding hydrogens is 286 g/mol. The number of alkyl halides is 1. The molecule has 0 aliphatic carbocycles. The van der Waals surface area contributed by atoms with Gasteiger partial charge in [0.2, 0.25) is 5.89 Å². The van der Waals surface area contributed by atoms with E-state index in [1.807, 2.05) is 19.9 Å². The molecular formula is C16H18ClN3O. The average Bonchev–Trinajstić information content (AvgIpc) is 3.01. The molecule has 5 heteroatoms. The van der Waals surface area contributed by atoms with E-state index in [9.17, 15) is 0 Å². The van der Waals surface area contributed by atoms with Gasteiger partial charge in [0.05, 0.1) is 22.6 Å². The molecule has 0 fully saturated rings. The normalized spacial score (nSPS) is 14.5. The van der Waals surface area contributed by atoms with Crippen LogP contribution in [0.4, 0.5) is 0 Å². The van der Waals surface area contributed by atoms with E-state index >= 15 is 0 Å². The van der Waals surface area contributed by atoms with Gasteiger partial charge in [-0.1, -0.05) is 6.07 Å². The van der Waals surface area contributed by atoms with E-state index in [-0.39, 0.29) is 11.4 Å². The summed E-state index contributed by atoms with van der Waals surface area (Å²) >= 11 is 6.32. The first kappa shape index (κ1) is 14.1. The number of aromatic nitrogens is 3. The molecule has 2 unspecified atom stereocenters. The van der Waals surface area contributed by atoms with Crippen LogP contribution in [0.15, 0.2) is 28.8 Å². The summed E-state index contributed by atoms with van der Waals surface area (Å²) < 4.78 is 7.80. The topological polar surface area (TPSA) is 43.9 Å². The van der Waals surface area contributed by atoms with Crippen molar-refractivity contribution in [1.82, 2.24) is 14.5 Å². The maximum absolute atomic E-state index is 6.32.